The van der Waals surface area contributed by atoms with Crippen molar-refractivity contribution in [1.82, 2.24) is 0 Å². The lowest BCUT2D eigenvalue weighted by Crippen LogP contribution is -2.14. The minimum absolute atomic E-state index is 0.0810. The minimum Gasteiger partial charge on any atom is -0.488 e. The van der Waals surface area contributed by atoms with Crippen molar-refractivity contribution >= 4 is 34.6 Å². The number of oxime groups is 1. The van der Waals surface area contributed by atoms with Crippen LogP contribution in [0, 0.1) is 11.2 Å². The van der Waals surface area contributed by atoms with Crippen LogP contribution in [0.5, 0.6) is 11.5 Å². The molecule has 4 N–H and O–H groups in total. The monoisotopic (exact) mass is 525 g/mol. The van der Waals surface area contributed by atoms with Gasteiger partial charge in [0.2, 0.25) is 0 Å². The third-order valence-corrected chi connectivity index (χ3v) is 6.26. The van der Waals surface area contributed by atoms with Gasteiger partial charge in [-0.15, -0.1) is 0 Å². The van der Waals surface area contributed by atoms with Crippen molar-refractivity contribution in [3.8, 4) is 22.6 Å². The molecular weight excluding hydrogens is 504 g/mol. The molecule has 0 heterocycles. The molecule has 0 saturated heterocycles. The molecule has 0 spiro atoms. The van der Waals surface area contributed by atoms with E-state index in [-0.39, 0.29) is 37.0 Å². The Morgan fingerprint density at radius 3 is 2.39 bits per heavy atom. The second kappa shape index (κ2) is 11.4. The topological polar surface area (TPSA) is 101 Å². The van der Waals surface area contributed by atoms with Gasteiger partial charge in [-0.05, 0) is 41.5 Å². The maximum atomic E-state index is 13.3. The standard InChI is InChI=1S/C27H22Cl2FN3O3/c28-22-11-19(13-31)25(35-14-16-4-9-24(33-34)23(32)10-16)12-26(22)36-15-18-2-1-3-21(27(18)29)17-5-7-20(30)8-6-17/h1-12,32,34H,13-15,31H2/b32-23?,33-24-. The second-order valence-electron chi connectivity index (χ2n) is 7.91. The molecule has 0 aromatic heterocycles. The second-order valence-corrected chi connectivity index (χ2v) is 8.69. The molecule has 0 bridgehead atoms. The van der Waals surface area contributed by atoms with E-state index in [0.29, 0.717) is 27.1 Å². The first-order chi connectivity index (χ1) is 17.4. The number of hydrogen-bond acceptors (Lipinski definition) is 6. The van der Waals surface area contributed by atoms with Gasteiger partial charge in [0.05, 0.1) is 15.8 Å². The molecular formula is C27H22Cl2FN3O3. The number of nitrogens with zero attached hydrogens (tertiary/aromatic N) is 1. The fourth-order valence-corrected chi connectivity index (χ4v) is 4.13. The summed E-state index contributed by atoms with van der Waals surface area (Å²) in [6, 6.07) is 15.0. The van der Waals surface area contributed by atoms with E-state index in [9.17, 15) is 4.39 Å². The molecule has 0 fully saturated rings. The van der Waals surface area contributed by atoms with Crippen molar-refractivity contribution in [3.63, 3.8) is 0 Å². The van der Waals surface area contributed by atoms with E-state index in [0.717, 1.165) is 22.3 Å². The van der Waals surface area contributed by atoms with Gasteiger partial charge in [0.15, 0.2) is 0 Å². The fourth-order valence-electron chi connectivity index (χ4n) is 3.60. The lowest BCUT2D eigenvalue weighted by Gasteiger charge is -2.17. The van der Waals surface area contributed by atoms with Crippen molar-refractivity contribution in [3.05, 3.63) is 105 Å². The van der Waals surface area contributed by atoms with E-state index in [4.69, 9.17) is 49.0 Å². The third kappa shape index (κ3) is 5.76. The van der Waals surface area contributed by atoms with E-state index in [1.165, 1.54) is 18.2 Å². The Hall–Kier alpha value is -3.65. The number of ether oxygens (including phenoxy) is 2. The normalized spacial score (nSPS) is 14.2. The molecule has 1 aliphatic rings. The highest BCUT2D eigenvalue weighted by atomic mass is 35.5. The van der Waals surface area contributed by atoms with Crippen LogP contribution in [0.1, 0.15) is 11.1 Å². The van der Waals surface area contributed by atoms with Gasteiger partial charge in [0.25, 0.3) is 0 Å². The first-order valence-corrected chi connectivity index (χ1v) is 11.7. The van der Waals surface area contributed by atoms with Crippen LogP contribution >= 0.6 is 23.2 Å². The predicted molar refractivity (Wildman–Crippen MR) is 140 cm³/mol. The number of benzene rings is 3. The molecule has 36 heavy (non-hydrogen) atoms. The van der Waals surface area contributed by atoms with Crippen LogP contribution in [-0.4, -0.2) is 23.2 Å². The SMILES string of the molecule is N=C1C=C(COc2cc(OCc3cccc(-c4ccc(F)cc4)c3Cl)c(Cl)cc2CN)C=C/C1=N/O. The van der Waals surface area contributed by atoms with Gasteiger partial charge < -0.3 is 20.4 Å². The zero-order valence-electron chi connectivity index (χ0n) is 19.0. The molecule has 1 aliphatic carbocycles. The molecule has 184 valence electrons. The maximum absolute atomic E-state index is 13.3. The fraction of sp³-hybridized carbons (Fsp3) is 0.111. The first kappa shape index (κ1) is 25.4. The van der Waals surface area contributed by atoms with Gasteiger partial charge in [-0.2, -0.15) is 0 Å². The average molecular weight is 526 g/mol. The Balaban J connectivity index is 1.51. The highest BCUT2D eigenvalue weighted by Gasteiger charge is 2.15. The molecule has 0 unspecified atom stereocenters. The molecule has 0 saturated carbocycles. The molecule has 0 atom stereocenters. The molecule has 0 aliphatic heterocycles. The zero-order chi connectivity index (χ0) is 25.7. The summed E-state index contributed by atoms with van der Waals surface area (Å²) in [4.78, 5) is 0. The van der Waals surface area contributed by atoms with Gasteiger partial charge in [0.1, 0.15) is 36.2 Å². The van der Waals surface area contributed by atoms with Crippen LogP contribution in [0.4, 0.5) is 4.39 Å². The Morgan fingerprint density at radius 2 is 1.69 bits per heavy atom. The lowest BCUT2D eigenvalue weighted by atomic mass is 10.0. The summed E-state index contributed by atoms with van der Waals surface area (Å²) >= 11 is 13.1. The Kier molecular flexibility index (Phi) is 8.05. The highest BCUT2D eigenvalue weighted by Crippen LogP contribution is 2.35. The molecule has 4 rings (SSSR count). The zero-order valence-corrected chi connectivity index (χ0v) is 20.5. The number of halogens is 3. The van der Waals surface area contributed by atoms with Crippen LogP contribution in [0.25, 0.3) is 11.1 Å². The van der Waals surface area contributed by atoms with Crippen molar-refractivity contribution in [1.29, 1.82) is 5.41 Å². The molecule has 6 nitrogen and oxygen atoms in total. The van der Waals surface area contributed by atoms with Gasteiger partial charge in [0, 0.05) is 29.3 Å². The summed E-state index contributed by atoms with van der Waals surface area (Å²) in [6.45, 7) is 0.507. The summed E-state index contributed by atoms with van der Waals surface area (Å²) in [5, 5.41) is 20.7. The van der Waals surface area contributed by atoms with E-state index < -0.39 is 0 Å². The molecule has 3 aromatic carbocycles. The predicted octanol–water partition coefficient (Wildman–Crippen LogP) is 6.56. The molecule has 3 aromatic rings. The largest absolute Gasteiger partial charge is 0.488 e. The van der Waals surface area contributed by atoms with Crippen LogP contribution in [0.3, 0.4) is 0 Å². The van der Waals surface area contributed by atoms with Gasteiger partial charge >= 0.3 is 0 Å². The van der Waals surface area contributed by atoms with E-state index in [1.54, 1.807) is 36.4 Å². The van der Waals surface area contributed by atoms with Crippen molar-refractivity contribution < 1.29 is 19.1 Å². The van der Waals surface area contributed by atoms with Crippen LogP contribution in [0.2, 0.25) is 10.0 Å². The van der Waals surface area contributed by atoms with E-state index in [1.807, 2.05) is 18.2 Å². The van der Waals surface area contributed by atoms with Crippen LogP contribution < -0.4 is 15.2 Å². The lowest BCUT2D eigenvalue weighted by molar-refractivity contribution is 0.301. The van der Waals surface area contributed by atoms with Gasteiger partial charge in [-0.1, -0.05) is 64.8 Å². The number of hydrogen-bond donors (Lipinski definition) is 3. The smallest absolute Gasteiger partial charge is 0.142 e. The number of nitrogens with two attached hydrogens (primary N) is 1. The number of allylic oxidation sites excluding steroid dienone is 2. The van der Waals surface area contributed by atoms with Gasteiger partial charge in [-0.25, -0.2) is 4.39 Å². The number of nitrogens with one attached hydrogen (secondary N) is 1. The van der Waals surface area contributed by atoms with Crippen molar-refractivity contribution in [2.24, 2.45) is 10.9 Å². The summed E-state index contributed by atoms with van der Waals surface area (Å²) in [7, 11) is 0. The van der Waals surface area contributed by atoms with E-state index in [2.05, 4.69) is 5.16 Å². The maximum Gasteiger partial charge on any atom is 0.142 e. The minimum atomic E-state index is -0.319. The summed E-state index contributed by atoms with van der Waals surface area (Å²) in [5.74, 6) is 0.564. The van der Waals surface area contributed by atoms with Gasteiger partial charge in [-0.3, -0.25) is 5.41 Å². The molecule has 0 amide bonds. The average Bonchev–Trinajstić information content (AvgIpc) is 2.88. The Morgan fingerprint density at radius 1 is 0.944 bits per heavy atom. The first-order valence-electron chi connectivity index (χ1n) is 10.9. The molecule has 0 radical (unpaired) electrons. The summed E-state index contributed by atoms with van der Waals surface area (Å²) in [5.41, 5.74) is 9.83. The Bertz CT molecular complexity index is 1390. The number of rotatable bonds is 8. The van der Waals surface area contributed by atoms with E-state index >= 15 is 0 Å². The highest BCUT2D eigenvalue weighted by molar-refractivity contribution is 6.50. The summed E-state index contributed by atoms with van der Waals surface area (Å²) in [6.07, 6.45) is 4.80. The molecule has 9 heteroatoms. The van der Waals surface area contributed by atoms with Crippen LogP contribution in [0.15, 0.2) is 83.6 Å². The van der Waals surface area contributed by atoms with Crippen LogP contribution in [-0.2, 0) is 13.2 Å². The third-order valence-electron chi connectivity index (χ3n) is 5.52. The van der Waals surface area contributed by atoms with Crippen molar-refractivity contribution in [2.75, 3.05) is 6.61 Å². The quantitative estimate of drug-likeness (QED) is 0.176. The Labute approximate surface area is 217 Å². The summed E-state index contributed by atoms with van der Waals surface area (Å²) < 4.78 is 25.2. The van der Waals surface area contributed by atoms with Crippen molar-refractivity contribution in [2.45, 2.75) is 13.2 Å².